The SMILES string of the molecule is CCNC(=NCc1ccccc1CN(C)C)NCC(C)(O)c1cccs1. The number of nitrogens with one attached hydrogen (secondary N) is 2. The highest BCUT2D eigenvalue weighted by molar-refractivity contribution is 7.10. The Hall–Kier alpha value is -1.89. The number of rotatable bonds is 8. The molecular weight excluding hydrogens is 344 g/mol. The van der Waals surface area contributed by atoms with Gasteiger partial charge < -0.3 is 20.6 Å². The van der Waals surface area contributed by atoms with Crippen molar-refractivity contribution in [2.45, 2.75) is 32.5 Å². The van der Waals surface area contributed by atoms with Crippen molar-refractivity contribution >= 4 is 17.3 Å². The summed E-state index contributed by atoms with van der Waals surface area (Å²) in [6.07, 6.45) is 0. The molecule has 0 fully saturated rings. The van der Waals surface area contributed by atoms with Gasteiger partial charge in [0.15, 0.2) is 5.96 Å². The van der Waals surface area contributed by atoms with E-state index < -0.39 is 5.60 Å². The second-order valence-electron chi connectivity index (χ2n) is 6.81. The van der Waals surface area contributed by atoms with Gasteiger partial charge in [0.2, 0.25) is 0 Å². The van der Waals surface area contributed by atoms with E-state index in [9.17, 15) is 5.11 Å². The molecule has 0 spiro atoms. The molecule has 1 aromatic heterocycles. The van der Waals surface area contributed by atoms with Crippen LogP contribution in [-0.2, 0) is 18.7 Å². The number of benzene rings is 1. The largest absolute Gasteiger partial charge is 0.383 e. The van der Waals surface area contributed by atoms with Crippen molar-refractivity contribution in [3.05, 3.63) is 57.8 Å². The molecule has 0 saturated carbocycles. The maximum absolute atomic E-state index is 10.7. The molecule has 0 radical (unpaired) electrons. The fraction of sp³-hybridized carbons (Fsp3) is 0.450. The van der Waals surface area contributed by atoms with Gasteiger partial charge >= 0.3 is 0 Å². The van der Waals surface area contributed by atoms with Crippen LogP contribution < -0.4 is 10.6 Å². The van der Waals surface area contributed by atoms with E-state index in [1.54, 1.807) is 11.3 Å². The minimum atomic E-state index is -0.923. The first-order valence-electron chi connectivity index (χ1n) is 8.92. The van der Waals surface area contributed by atoms with Crippen LogP contribution in [0.15, 0.2) is 46.8 Å². The molecule has 1 unspecified atom stereocenters. The molecule has 1 aromatic carbocycles. The van der Waals surface area contributed by atoms with Gasteiger partial charge in [0.25, 0.3) is 0 Å². The van der Waals surface area contributed by atoms with Gasteiger partial charge in [0, 0.05) is 18.0 Å². The Labute approximate surface area is 160 Å². The molecular formula is C20H30N4OS. The zero-order valence-corrected chi connectivity index (χ0v) is 16.9. The molecule has 0 saturated heterocycles. The maximum Gasteiger partial charge on any atom is 0.191 e. The molecule has 1 atom stereocenters. The van der Waals surface area contributed by atoms with Crippen molar-refractivity contribution in [1.82, 2.24) is 15.5 Å². The van der Waals surface area contributed by atoms with Gasteiger partial charge in [-0.15, -0.1) is 11.3 Å². The quantitative estimate of drug-likeness (QED) is 0.491. The van der Waals surface area contributed by atoms with Crippen molar-refractivity contribution in [2.75, 3.05) is 27.2 Å². The van der Waals surface area contributed by atoms with Crippen molar-refractivity contribution in [3.63, 3.8) is 0 Å². The Bertz CT molecular complexity index is 696. The molecule has 5 nitrogen and oxygen atoms in total. The first-order valence-corrected chi connectivity index (χ1v) is 9.80. The number of aliphatic hydroxyl groups is 1. The molecule has 2 aromatic rings. The first-order chi connectivity index (χ1) is 12.4. The standard InChI is InChI=1S/C20H30N4OS/c1-5-21-19(23-15-20(2,25)18-11-8-12-26-18)22-13-16-9-6-7-10-17(16)14-24(3)4/h6-12,25H,5,13-15H2,1-4H3,(H2,21,22,23). The summed E-state index contributed by atoms with van der Waals surface area (Å²) in [5.41, 5.74) is 1.57. The fourth-order valence-corrected chi connectivity index (χ4v) is 3.43. The average molecular weight is 375 g/mol. The highest BCUT2D eigenvalue weighted by Gasteiger charge is 2.24. The third-order valence-electron chi connectivity index (χ3n) is 4.01. The van der Waals surface area contributed by atoms with E-state index in [0.29, 0.717) is 19.0 Å². The van der Waals surface area contributed by atoms with Gasteiger partial charge in [0.1, 0.15) is 5.60 Å². The molecule has 0 aliphatic carbocycles. The molecule has 6 heteroatoms. The Kier molecular flexibility index (Phi) is 7.63. The number of nitrogens with zero attached hydrogens (tertiary/aromatic N) is 2. The topological polar surface area (TPSA) is 59.9 Å². The van der Waals surface area contributed by atoms with Crippen LogP contribution in [0.5, 0.6) is 0 Å². The summed E-state index contributed by atoms with van der Waals surface area (Å²) >= 11 is 1.56. The molecule has 0 amide bonds. The summed E-state index contributed by atoms with van der Waals surface area (Å²) < 4.78 is 0. The van der Waals surface area contributed by atoms with E-state index in [-0.39, 0.29) is 0 Å². The summed E-state index contributed by atoms with van der Waals surface area (Å²) in [7, 11) is 4.14. The van der Waals surface area contributed by atoms with Crippen LogP contribution in [0.1, 0.15) is 29.9 Å². The lowest BCUT2D eigenvalue weighted by atomic mass is 10.1. The molecule has 1 heterocycles. The number of hydrogen-bond donors (Lipinski definition) is 3. The summed E-state index contributed by atoms with van der Waals surface area (Å²) in [4.78, 5) is 7.80. The van der Waals surface area contributed by atoms with E-state index in [1.807, 2.05) is 37.4 Å². The highest BCUT2D eigenvalue weighted by Crippen LogP contribution is 2.24. The van der Waals surface area contributed by atoms with E-state index in [1.165, 1.54) is 11.1 Å². The highest BCUT2D eigenvalue weighted by atomic mass is 32.1. The normalized spacial score (nSPS) is 14.3. The predicted molar refractivity (Wildman–Crippen MR) is 111 cm³/mol. The summed E-state index contributed by atoms with van der Waals surface area (Å²) in [5, 5.41) is 19.2. The second-order valence-corrected chi connectivity index (χ2v) is 7.75. The van der Waals surface area contributed by atoms with Crippen LogP contribution in [0.2, 0.25) is 0 Å². The Morgan fingerprint density at radius 3 is 2.50 bits per heavy atom. The summed E-state index contributed by atoms with van der Waals surface area (Å²) in [5.74, 6) is 0.712. The van der Waals surface area contributed by atoms with Gasteiger partial charge in [-0.2, -0.15) is 0 Å². The van der Waals surface area contributed by atoms with Gasteiger partial charge in [-0.25, -0.2) is 4.99 Å². The predicted octanol–water partition coefficient (Wildman–Crippen LogP) is 2.77. The number of thiophene rings is 1. The van der Waals surface area contributed by atoms with Crippen LogP contribution in [0.3, 0.4) is 0 Å². The lowest BCUT2D eigenvalue weighted by Gasteiger charge is -2.23. The molecule has 0 bridgehead atoms. The maximum atomic E-state index is 10.7. The molecule has 0 aliphatic heterocycles. The average Bonchev–Trinajstić information content (AvgIpc) is 3.13. The molecule has 3 N–H and O–H groups in total. The van der Waals surface area contributed by atoms with Crippen LogP contribution in [0, 0.1) is 0 Å². The minimum Gasteiger partial charge on any atom is -0.383 e. The minimum absolute atomic E-state index is 0.401. The van der Waals surface area contributed by atoms with Crippen LogP contribution in [-0.4, -0.2) is 43.2 Å². The van der Waals surface area contributed by atoms with Gasteiger partial charge in [0.05, 0.1) is 13.1 Å². The number of aliphatic imine (C=N–C) groups is 1. The number of guanidine groups is 1. The molecule has 0 aliphatic rings. The zero-order chi connectivity index (χ0) is 19.0. The zero-order valence-electron chi connectivity index (χ0n) is 16.1. The van der Waals surface area contributed by atoms with Crippen LogP contribution in [0.25, 0.3) is 0 Å². The fourth-order valence-electron chi connectivity index (χ4n) is 2.64. The van der Waals surface area contributed by atoms with Crippen LogP contribution in [0.4, 0.5) is 0 Å². The van der Waals surface area contributed by atoms with Gasteiger partial charge in [-0.1, -0.05) is 30.3 Å². The van der Waals surface area contributed by atoms with Gasteiger partial charge in [-0.05, 0) is 50.5 Å². The third-order valence-corrected chi connectivity index (χ3v) is 5.13. The summed E-state index contributed by atoms with van der Waals surface area (Å²) in [6, 6.07) is 12.3. The van der Waals surface area contributed by atoms with E-state index in [0.717, 1.165) is 18.0 Å². The summed E-state index contributed by atoms with van der Waals surface area (Å²) in [6.45, 7) is 6.52. The van der Waals surface area contributed by atoms with Crippen molar-refractivity contribution in [1.29, 1.82) is 0 Å². The molecule has 2 rings (SSSR count). The molecule has 26 heavy (non-hydrogen) atoms. The monoisotopic (exact) mass is 374 g/mol. The van der Waals surface area contributed by atoms with Crippen molar-refractivity contribution in [2.24, 2.45) is 4.99 Å². The first kappa shape index (κ1) is 20.4. The Balaban J connectivity index is 2.05. The van der Waals surface area contributed by atoms with Crippen LogP contribution >= 0.6 is 11.3 Å². The third kappa shape index (κ3) is 6.12. The smallest absolute Gasteiger partial charge is 0.191 e. The lowest BCUT2D eigenvalue weighted by molar-refractivity contribution is 0.0655. The lowest BCUT2D eigenvalue weighted by Crippen LogP contribution is -2.44. The molecule has 142 valence electrons. The Morgan fingerprint density at radius 1 is 1.15 bits per heavy atom. The Morgan fingerprint density at radius 2 is 1.88 bits per heavy atom. The van der Waals surface area contributed by atoms with Gasteiger partial charge in [-0.3, -0.25) is 0 Å². The van der Waals surface area contributed by atoms with E-state index in [4.69, 9.17) is 4.99 Å². The second kappa shape index (κ2) is 9.71. The number of hydrogen-bond acceptors (Lipinski definition) is 4. The van der Waals surface area contributed by atoms with Crippen molar-refractivity contribution in [3.8, 4) is 0 Å². The van der Waals surface area contributed by atoms with E-state index in [2.05, 4.69) is 47.8 Å². The van der Waals surface area contributed by atoms with E-state index >= 15 is 0 Å². The van der Waals surface area contributed by atoms with Crippen molar-refractivity contribution < 1.29 is 5.11 Å².